The second kappa shape index (κ2) is 7.86. The summed E-state index contributed by atoms with van der Waals surface area (Å²) in [5.74, 6) is 0.174. The van der Waals surface area contributed by atoms with Crippen LogP contribution in [0.4, 0.5) is 5.69 Å². The van der Waals surface area contributed by atoms with Gasteiger partial charge in [0.05, 0.1) is 16.8 Å². The molecule has 0 unspecified atom stereocenters. The molecule has 4 rings (SSSR count). The number of aromatic nitrogens is 2. The Morgan fingerprint density at radius 3 is 2.44 bits per heavy atom. The van der Waals surface area contributed by atoms with E-state index in [0.717, 1.165) is 27.6 Å². The average Bonchev–Trinajstić information content (AvgIpc) is 3.07. The van der Waals surface area contributed by atoms with Gasteiger partial charge in [-0.2, -0.15) is 0 Å². The van der Waals surface area contributed by atoms with E-state index < -0.39 is 0 Å². The van der Waals surface area contributed by atoms with Gasteiger partial charge in [0.15, 0.2) is 5.16 Å². The minimum atomic E-state index is -0.0889. The van der Waals surface area contributed by atoms with Crippen molar-refractivity contribution in [2.45, 2.75) is 5.16 Å². The minimum Gasteiger partial charge on any atom is -0.325 e. The summed E-state index contributed by atoms with van der Waals surface area (Å²) in [6, 6.07) is 25.1. The van der Waals surface area contributed by atoms with Crippen molar-refractivity contribution in [3.63, 3.8) is 0 Å². The number of para-hydroxylation sites is 3. The maximum atomic E-state index is 12.3. The van der Waals surface area contributed by atoms with Crippen LogP contribution in [0, 0.1) is 0 Å². The van der Waals surface area contributed by atoms with Crippen LogP contribution in [0.3, 0.4) is 0 Å². The molecule has 3 aromatic carbocycles. The SMILES string of the molecule is O=C(CSc1nc2ccccc2n1-c1ccccc1)Nc1ccc(Cl)cc1. The van der Waals surface area contributed by atoms with Gasteiger partial charge in [-0.15, -0.1) is 0 Å². The van der Waals surface area contributed by atoms with Crippen LogP contribution < -0.4 is 5.32 Å². The lowest BCUT2D eigenvalue weighted by atomic mass is 10.3. The number of carbonyl (C=O) groups is 1. The van der Waals surface area contributed by atoms with Crippen molar-refractivity contribution < 1.29 is 4.79 Å². The number of hydrogen-bond acceptors (Lipinski definition) is 3. The van der Waals surface area contributed by atoms with Crippen LogP contribution in [0.2, 0.25) is 5.02 Å². The zero-order chi connectivity index (χ0) is 18.6. The number of benzene rings is 3. The van der Waals surface area contributed by atoms with Crippen LogP contribution in [0.1, 0.15) is 0 Å². The number of thioether (sulfide) groups is 1. The molecule has 0 saturated heterocycles. The molecule has 6 heteroatoms. The van der Waals surface area contributed by atoms with Crippen LogP contribution in [-0.2, 0) is 4.79 Å². The molecule has 0 aliphatic rings. The first-order valence-corrected chi connectivity index (χ1v) is 9.78. The Labute approximate surface area is 166 Å². The van der Waals surface area contributed by atoms with E-state index in [1.165, 1.54) is 11.8 Å². The average molecular weight is 394 g/mol. The standard InChI is InChI=1S/C21H16ClN3OS/c22-15-10-12-16(13-11-15)23-20(26)14-27-21-24-18-8-4-5-9-19(18)25(21)17-6-2-1-3-7-17/h1-13H,14H2,(H,23,26). The van der Waals surface area contributed by atoms with E-state index in [-0.39, 0.29) is 11.7 Å². The number of anilines is 1. The first-order chi connectivity index (χ1) is 13.2. The first kappa shape index (κ1) is 17.6. The fourth-order valence-electron chi connectivity index (χ4n) is 2.79. The molecule has 1 heterocycles. The third kappa shape index (κ3) is 3.99. The molecule has 1 aromatic heterocycles. The molecule has 134 valence electrons. The second-order valence-corrected chi connectivity index (χ2v) is 7.28. The summed E-state index contributed by atoms with van der Waals surface area (Å²) >= 11 is 7.29. The fraction of sp³-hybridized carbons (Fsp3) is 0.0476. The summed E-state index contributed by atoms with van der Waals surface area (Å²) in [7, 11) is 0. The van der Waals surface area contributed by atoms with Crippen LogP contribution >= 0.6 is 23.4 Å². The van der Waals surface area contributed by atoms with Crippen molar-refractivity contribution in [3.05, 3.63) is 83.9 Å². The van der Waals surface area contributed by atoms with Crippen molar-refractivity contribution in [2.75, 3.05) is 11.1 Å². The monoisotopic (exact) mass is 393 g/mol. The number of nitrogens with zero attached hydrogens (tertiary/aromatic N) is 2. The van der Waals surface area contributed by atoms with Crippen molar-refractivity contribution in [3.8, 4) is 5.69 Å². The molecule has 0 radical (unpaired) electrons. The third-order valence-corrected chi connectivity index (χ3v) is 5.20. The molecule has 0 saturated carbocycles. The van der Waals surface area contributed by atoms with E-state index in [2.05, 4.69) is 9.88 Å². The Morgan fingerprint density at radius 2 is 1.67 bits per heavy atom. The quantitative estimate of drug-likeness (QED) is 0.461. The lowest BCUT2D eigenvalue weighted by Crippen LogP contribution is -2.14. The minimum absolute atomic E-state index is 0.0889. The normalized spacial score (nSPS) is 10.9. The van der Waals surface area contributed by atoms with Gasteiger partial charge in [-0.1, -0.05) is 53.7 Å². The predicted molar refractivity (Wildman–Crippen MR) is 112 cm³/mol. The van der Waals surface area contributed by atoms with E-state index in [1.807, 2.05) is 54.6 Å². The topological polar surface area (TPSA) is 46.9 Å². The van der Waals surface area contributed by atoms with Gasteiger partial charge >= 0.3 is 0 Å². The number of rotatable bonds is 5. The summed E-state index contributed by atoms with van der Waals surface area (Å²) < 4.78 is 2.08. The van der Waals surface area contributed by atoms with Crippen molar-refractivity contribution in [1.29, 1.82) is 0 Å². The number of carbonyl (C=O) groups excluding carboxylic acids is 1. The highest BCUT2D eigenvalue weighted by molar-refractivity contribution is 7.99. The molecule has 0 fully saturated rings. The maximum absolute atomic E-state index is 12.3. The van der Waals surface area contributed by atoms with Gasteiger partial charge in [-0.3, -0.25) is 9.36 Å². The van der Waals surface area contributed by atoms with Crippen LogP contribution in [0.15, 0.2) is 84.0 Å². The smallest absolute Gasteiger partial charge is 0.234 e. The summed E-state index contributed by atoms with van der Waals surface area (Å²) in [5.41, 5.74) is 3.67. The van der Waals surface area contributed by atoms with E-state index in [1.54, 1.807) is 24.3 Å². The van der Waals surface area contributed by atoms with E-state index in [4.69, 9.17) is 16.6 Å². The largest absolute Gasteiger partial charge is 0.325 e. The van der Waals surface area contributed by atoms with E-state index >= 15 is 0 Å². The lowest BCUT2D eigenvalue weighted by molar-refractivity contribution is -0.113. The number of fused-ring (bicyclic) bond motifs is 1. The molecular weight excluding hydrogens is 378 g/mol. The molecule has 0 aliphatic heterocycles. The number of halogens is 1. The zero-order valence-electron chi connectivity index (χ0n) is 14.3. The molecule has 0 spiro atoms. The Kier molecular flexibility index (Phi) is 5.14. The summed E-state index contributed by atoms with van der Waals surface area (Å²) in [6.07, 6.45) is 0. The number of imidazole rings is 1. The van der Waals surface area contributed by atoms with E-state index in [0.29, 0.717) is 5.02 Å². The Hall–Kier alpha value is -2.76. The maximum Gasteiger partial charge on any atom is 0.234 e. The zero-order valence-corrected chi connectivity index (χ0v) is 15.9. The third-order valence-electron chi connectivity index (χ3n) is 4.00. The van der Waals surface area contributed by atoms with Gasteiger partial charge in [0, 0.05) is 16.4 Å². The van der Waals surface area contributed by atoms with Crippen molar-refractivity contribution in [1.82, 2.24) is 9.55 Å². The number of amides is 1. The molecule has 0 atom stereocenters. The molecule has 1 N–H and O–H groups in total. The molecule has 4 nitrogen and oxygen atoms in total. The lowest BCUT2D eigenvalue weighted by Gasteiger charge is -2.09. The number of hydrogen-bond donors (Lipinski definition) is 1. The van der Waals surface area contributed by atoms with Gasteiger partial charge in [0.1, 0.15) is 0 Å². The Bertz CT molecular complexity index is 1080. The Morgan fingerprint density at radius 1 is 0.963 bits per heavy atom. The van der Waals surface area contributed by atoms with Crippen LogP contribution in [0.5, 0.6) is 0 Å². The first-order valence-electron chi connectivity index (χ1n) is 8.42. The van der Waals surface area contributed by atoms with Crippen LogP contribution in [-0.4, -0.2) is 21.2 Å². The van der Waals surface area contributed by atoms with E-state index in [9.17, 15) is 4.79 Å². The van der Waals surface area contributed by atoms with Gasteiger partial charge in [0.25, 0.3) is 0 Å². The Balaban J connectivity index is 1.57. The van der Waals surface area contributed by atoms with Crippen LogP contribution in [0.25, 0.3) is 16.7 Å². The van der Waals surface area contributed by atoms with Gasteiger partial charge in [-0.25, -0.2) is 4.98 Å². The molecular formula is C21H16ClN3OS. The molecule has 1 amide bonds. The molecule has 0 bridgehead atoms. The molecule has 4 aromatic rings. The number of nitrogens with one attached hydrogen (secondary N) is 1. The fourth-order valence-corrected chi connectivity index (χ4v) is 3.74. The molecule has 0 aliphatic carbocycles. The second-order valence-electron chi connectivity index (χ2n) is 5.90. The summed E-state index contributed by atoms with van der Waals surface area (Å²) in [5, 5.41) is 4.30. The van der Waals surface area contributed by atoms with Crippen molar-refractivity contribution >= 4 is 46.0 Å². The highest BCUT2D eigenvalue weighted by atomic mass is 35.5. The predicted octanol–water partition coefficient (Wildman–Crippen LogP) is 5.41. The highest BCUT2D eigenvalue weighted by Crippen LogP contribution is 2.28. The summed E-state index contributed by atoms with van der Waals surface area (Å²) in [6.45, 7) is 0. The van der Waals surface area contributed by atoms with Crippen molar-refractivity contribution in [2.24, 2.45) is 0 Å². The summed E-state index contributed by atoms with van der Waals surface area (Å²) in [4.78, 5) is 17.0. The molecule has 27 heavy (non-hydrogen) atoms. The highest BCUT2D eigenvalue weighted by Gasteiger charge is 2.14. The van der Waals surface area contributed by atoms with Gasteiger partial charge in [0.2, 0.25) is 5.91 Å². The van der Waals surface area contributed by atoms with Gasteiger partial charge < -0.3 is 5.32 Å². The van der Waals surface area contributed by atoms with Gasteiger partial charge in [-0.05, 0) is 48.5 Å².